The van der Waals surface area contributed by atoms with Crippen molar-refractivity contribution in [2.75, 3.05) is 12.0 Å². The Morgan fingerprint density at radius 1 is 1.06 bits per heavy atom. The molecule has 0 unspecified atom stereocenters. The fraction of sp³-hybridized carbons (Fsp3) is 0.115. The van der Waals surface area contributed by atoms with Gasteiger partial charge < -0.3 is 24.5 Å². The lowest BCUT2D eigenvalue weighted by molar-refractivity contribution is 0.0601. The van der Waals surface area contributed by atoms with Crippen LogP contribution in [-0.4, -0.2) is 28.3 Å². The first-order valence-electron chi connectivity index (χ1n) is 10.6. The molecule has 0 spiro atoms. The van der Waals surface area contributed by atoms with E-state index in [-0.39, 0.29) is 11.8 Å². The van der Waals surface area contributed by atoms with E-state index in [1.807, 2.05) is 53.4 Å². The molecule has 1 saturated heterocycles. The van der Waals surface area contributed by atoms with Crippen molar-refractivity contribution in [2.24, 2.45) is 0 Å². The van der Waals surface area contributed by atoms with Gasteiger partial charge in [-0.25, -0.2) is 4.79 Å². The Morgan fingerprint density at radius 3 is 2.59 bits per heavy atom. The Hall–Kier alpha value is -4.17. The molecule has 0 saturated carbocycles. The van der Waals surface area contributed by atoms with Gasteiger partial charge in [-0.3, -0.25) is 4.98 Å². The number of ether oxygens (including phenoxy) is 1. The van der Waals surface area contributed by atoms with Crippen LogP contribution in [0.4, 0.5) is 5.69 Å². The third-order valence-electron chi connectivity index (χ3n) is 5.76. The number of hydrogen-bond acceptors (Lipinski definition) is 6. The number of benzene rings is 2. The molecule has 0 bridgehead atoms. The molecular formula is C26H21N3O4S. The zero-order valence-electron chi connectivity index (χ0n) is 18.2. The zero-order chi connectivity index (χ0) is 23.7. The summed E-state index contributed by atoms with van der Waals surface area (Å²) in [4.78, 5) is 18.6. The van der Waals surface area contributed by atoms with E-state index in [1.165, 1.54) is 7.11 Å². The van der Waals surface area contributed by atoms with Crippen molar-refractivity contribution < 1.29 is 19.1 Å². The molecule has 0 aliphatic carbocycles. The Bertz CT molecular complexity index is 1350. The molecule has 8 heteroatoms. The molecule has 5 rings (SSSR count). The van der Waals surface area contributed by atoms with E-state index in [9.17, 15) is 9.90 Å². The molecule has 2 N–H and O–H groups in total. The van der Waals surface area contributed by atoms with Gasteiger partial charge in [0, 0.05) is 11.8 Å². The average molecular weight is 472 g/mol. The first kappa shape index (κ1) is 21.7. The van der Waals surface area contributed by atoms with E-state index in [0.29, 0.717) is 33.4 Å². The number of furan rings is 1. The molecule has 0 radical (unpaired) electrons. The number of carbonyl (C=O) groups excluding carboxylic acids is 1. The molecule has 7 nitrogen and oxygen atoms in total. The molecule has 34 heavy (non-hydrogen) atoms. The van der Waals surface area contributed by atoms with E-state index < -0.39 is 12.0 Å². The highest BCUT2D eigenvalue weighted by molar-refractivity contribution is 7.80. The first-order valence-corrected chi connectivity index (χ1v) is 11.1. The normalized spacial score (nSPS) is 17.4. The molecule has 170 valence electrons. The molecule has 0 amide bonds. The number of nitrogens with zero attached hydrogens (tertiary/aromatic N) is 2. The summed E-state index contributed by atoms with van der Waals surface area (Å²) in [6.07, 6.45) is 1.72. The summed E-state index contributed by atoms with van der Waals surface area (Å²) in [6, 6.07) is 22.7. The van der Waals surface area contributed by atoms with Crippen LogP contribution in [0.15, 0.2) is 89.5 Å². The van der Waals surface area contributed by atoms with Gasteiger partial charge in [-0.05, 0) is 54.7 Å². The SMILES string of the molecule is COC(=O)c1ccccc1-c1ccc([C@H]2[C@H](c3ccccn3)NC(=S)N2c2ccccc2O)o1. The van der Waals surface area contributed by atoms with Crippen LogP contribution >= 0.6 is 12.2 Å². The number of esters is 1. The van der Waals surface area contributed by atoms with Gasteiger partial charge in [0.05, 0.1) is 30.1 Å². The average Bonchev–Trinajstić information content (AvgIpc) is 3.49. The van der Waals surface area contributed by atoms with E-state index in [2.05, 4.69) is 10.3 Å². The third-order valence-corrected chi connectivity index (χ3v) is 6.07. The molecular weight excluding hydrogens is 450 g/mol. The minimum Gasteiger partial charge on any atom is -0.506 e. The lowest BCUT2D eigenvalue weighted by atomic mass is 10.0. The molecule has 2 aromatic heterocycles. The zero-order valence-corrected chi connectivity index (χ0v) is 19.0. The van der Waals surface area contributed by atoms with Crippen LogP contribution in [0.3, 0.4) is 0 Å². The second-order valence-corrected chi connectivity index (χ2v) is 8.11. The highest BCUT2D eigenvalue weighted by Gasteiger charge is 2.43. The lowest BCUT2D eigenvalue weighted by Crippen LogP contribution is -2.29. The van der Waals surface area contributed by atoms with Gasteiger partial charge in [-0.1, -0.05) is 36.4 Å². The number of rotatable bonds is 5. The molecule has 3 heterocycles. The maximum Gasteiger partial charge on any atom is 0.338 e. The molecule has 2 atom stereocenters. The minimum atomic E-state index is -0.445. The van der Waals surface area contributed by atoms with Crippen molar-refractivity contribution in [1.29, 1.82) is 0 Å². The smallest absolute Gasteiger partial charge is 0.338 e. The number of thiocarbonyl (C=S) groups is 1. The highest BCUT2D eigenvalue weighted by Crippen LogP contribution is 2.45. The van der Waals surface area contributed by atoms with Gasteiger partial charge in [0.25, 0.3) is 0 Å². The van der Waals surface area contributed by atoms with E-state index in [4.69, 9.17) is 21.4 Å². The number of phenols is 1. The van der Waals surface area contributed by atoms with Gasteiger partial charge in [0.1, 0.15) is 23.3 Å². The van der Waals surface area contributed by atoms with E-state index in [0.717, 1.165) is 5.69 Å². The second-order valence-electron chi connectivity index (χ2n) is 7.72. The molecule has 1 fully saturated rings. The Morgan fingerprint density at radius 2 is 1.82 bits per heavy atom. The molecule has 2 aromatic carbocycles. The van der Waals surface area contributed by atoms with Crippen molar-refractivity contribution in [2.45, 2.75) is 12.1 Å². The summed E-state index contributed by atoms with van der Waals surface area (Å²) in [5, 5.41) is 14.4. The monoisotopic (exact) mass is 471 g/mol. The fourth-order valence-electron chi connectivity index (χ4n) is 4.21. The standard InChI is InChI=1S/C26H21N3O4S/c1-32-25(31)17-9-3-2-8-16(17)21-13-14-22(33-21)24-23(18-10-6-7-15-27-18)28-26(34)29(24)19-11-4-5-12-20(19)30/h2-15,23-24,30H,1H3,(H,28,34)/t23-,24-/m0/s1. The van der Waals surface area contributed by atoms with Gasteiger partial charge in [0.2, 0.25) is 0 Å². The van der Waals surface area contributed by atoms with Gasteiger partial charge >= 0.3 is 5.97 Å². The van der Waals surface area contributed by atoms with Crippen molar-refractivity contribution in [3.05, 3.63) is 102 Å². The first-order chi connectivity index (χ1) is 16.6. The lowest BCUT2D eigenvalue weighted by Gasteiger charge is -2.26. The van der Waals surface area contributed by atoms with Crippen LogP contribution in [0.2, 0.25) is 0 Å². The number of carbonyl (C=O) groups is 1. The van der Waals surface area contributed by atoms with Gasteiger partial charge in [-0.2, -0.15) is 0 Å². The Balaban J connectivity index is 1.62. The summed E-state index contributed by atoms with van der Waals surface area (Å²) >= 11 is 5.68. The highest BCUT2D eigenvalue weighted by atomic mass is 32.1. The predicted octanol–water partition coefficient (Wildman–Crippen LogP) is 5.01. The van der Waals surface area contributed by atoms with Crippen LogP contribution in [0.1, 0.15) is 33.9 Å². The van der Waals surface area contributed by atoms with E-state index in [1.54, 1.807) is 36.5 Å². The number of aromatic nitrogens is 1. The largest absolute Gasteiger partial charge is 0.506 e. The van der Waals surface area contributed by atoms with Crippen LogP contribution in [0.5, 0.6) is 5.75 Å². The second kappa shape index (κ2) is 8.99. The quantitative estimate of drug-likeness (QED) is 0.310. The number of pyridine rings is 1. The molecule has 1 aliphatic rings. The number of hydrogen-bond donors (Lipinski definition) is 2. The predicted molar refractivity (Wildman–Crippen MR) is 132 cm³/mol. The summed E-state index contributed by atoms with van der Waals surface area (Å²) in [5.74, 6) is 0.771. The van der Waals surface area contributed by atoms with Crippen molar-refractivity contribution in [1.82, 2.24) is 10.3 Å². The third kappa shape index (κ3) is 3.78. The Labute approximate surface area is 201 Å². The maximum atomic E-state index is 12.3. The number of nitrogens with one attached hydrogen (secondary N) is 1. The van der Waals surface area contributed by atoms with Crippen LogP contribution in [0.25, 0.3) is 11.3 Å². The van der Waals surface area contributed by atoms with Crippen LogP contribution in [-0.2, 0) is 4.74 Å². The molecule has 4 aromatic rings. The number of methoxy groups -OCH3 is 1. The summed E-state index contributed by atoms with van der Waals surface area (Å²) < 4.78 is 11.3. The summed E-state index contributed by atoms with van der Waals surface area (Å²) in [7, 11) is 1.35. The number of phenolic OH excluding ortho intramolecular Hbond substituents is 1. The number of aromatic hydroxyl groups is 1. The topological polar surface area (TPSA) is 87.8 Å². The van der Waals surface area contributed by atoms with Gasteiger partial charge in [-0.15, -0.1) is 0 Å². The van der Waals surface area contributed by atoms with Crippen molar-refractivity contribution in [3.8, 4) is 17.1 Å². The fourth-order valence-corrected chi connectivity index (χ4v) is 4.55. The minimum absolute atomic E-state index is 0.0983. The number of para-hydroxylation sites is 2. The molecule has 1 aliphatic heterocycles. The van der Waals surface area contributed by atoms with Crippen molar-refractivity contribution >= 4 is 29.0 Å². The number of anilines is 1. The maximum absolute atomic E-state index is 12.3. The Kier molecular flexibility index (Phi) is 5.73. The van der Waals surface area contributed by atoms with E-state index >= 15 is 0 Å². The summed E-state index contributed by atoms with van der Waals surface area (Å²) in [5.41, 5.74) is 2.36. The van der Waals surface area contributed by atoms with Crippen LogP contribution in [0, 0.1) is 0 Å². The van der Waals surface area contributed by atoms with Gasteiger partial charge in [0.15, 0.2) is 5.11 Å². The summed E-state index contributed by atoms with van der Waals surface area (Å²) in [6.45, 7) is 0. The van der Waals surface area contributed by atoms with Crippen LogP contribution < -0.4 is 10.2 Å². The van der Waals surface area contributed by atoms with Crippen molar-refractivity contribution in [3.63, 3.8) is 0 Å².